The number of rotatable bonds is 4. The van der Waals surface area contributed by atoms with Crippen LogP contribution in [0.1, 0.15) is 38.3 Å². The van der Waals surface area contributed by atoms with Crippen LogP contribution in [0.3, 0.4) is 0 Å². The van der Waals surface area contributed by atoms with Crippen molar-refractivity contribution in [1.82, 2.24) is 15.8 Å². The summed E-state index contributed by atoms with van der Waals surface area (Å²) in [5, 5.41) is 10.3. The van der Waals surface area contributed by atoms with Gasteiger partial charge in [-0.2, -0.15) is 0 Å². The number of hydrazine groups is 1. The van der Waals surface area contributed by atoms with E-state index in [9.17, 15) is 14.7 Å². The molecule has 1 amide bonds. The van der Waals surface area contributed by atoms with Crippen molar-refractivity contribution in [2.24, 2.45) is 11.3 Å². The Kier molecular flexibility index (Phi) is 5.04. The summed E-state index contributed by atoms with van der Waals surface area (Å²) in [5.41, 5.74) is 6.29. The predicted octanol–water partition coefficient (Wildman–Crippen LogP) is 2.21. The maximum absolute atomic E-state index is 12.8. The van der Waals surface area contributed by atoms with Crippen LogP contribution in [0, 0.1) is 11.3 Å². The molecular weight excluding hydrogens is 342 g/mol. The number of likely N-dealkylation sites (tertiary alicyclic amines) is 1. The lowest BCUT2D eigenvalue weighted by Gasteiger charge is -2.29. The molecule has 7 heteroatoms. The Morgan fingerprint density at radius 2 is 2.04 bits per heavy atom. The quantitative estimate of drug-likeness (QED) is 0.762. The summed E-state index contributed by atoms with van der Waals surface area (Å²) < 4.78 is 0. The van der Waals surface area contributed by atoms with Crippen molar-refractivity contribution < 1.29 is 14.7 Å². The fraction of sp³-hybridized carbons (Fsp3) is 0.556. The van der Waals surface area contributed by atoms with Crippen LogP contribution < -0.4 is 10.9 Å². The van der Waals surface area contributed by atoms with Crippen molar-refractivity contribution in [1.29, 1.82) is 0 Å². The van der Waals surface area contributed by atoms with Gasteiger partial charge < -0.3 is 10.0 Å². The van der Waals surface area contributed by atoms with Crippen LogP contribution in [0.5, 0.6) is 0 Å². The predicted molar refractivity (Wildman–Crippen MR) is 95.0 cm³/mol. The normalized spacial score (nSPS) is 29.4. The number of carbonyl (C=O) groups excluding carboxylic acids is 1. The number of amides is 1. The minimum absolute atomic E-state index is 0.0201. The van der Waals surface area contributed by atoms with Crippen LogP contribution in [0.4, 0.5) is 0 Å². The lowest BCUT2D eigenvalue weighted by atomic mass is 9.76. The molecule has 3 unspecified atom stereocenters. The zero-order valence-electron chi connectivity index (χ0n) is 14.5. The van der Waals surface area contributed by atoms with Gasteiger partial charge in [-0.1, -0.05) is 43.6 Å². The summed E-state index contributed by atoms with van der Waals surface area (Å²) in [6.07, 6.45) is 1.08. The number of carboxylic acid groups (broad SMARTS) is 1. The Morgan fingerprint density at radius 3 is 2.64 bits per heavy atom. The van der Waals surface area contributed by atoms with Crippen LogP contribution >= 0.6 is 11.6 Å². The van der Waals surface area contributed by atoms with Gasteiger partial charge >= 0.3 is 5.97 Å². The Bertz CT molecular complexity index is 681. The summed E-state index contributed by atoms with van der Waals surface area (Å²) in [7, 11) is 0. The fourth-order valence-electron chi connectivity index (χ4n) is 3.81. The Hall–Kier alpha value is -1.63. The summed E-state index contributed by atoms with van der Waals surface area (Å²) in [5.74, 6) is -0.886. The summed E-state index contributed by atoms with van der Waals surface area (Å²) in [6.45, 7) is 4.57. The SMILES string of the molecule is CC(C)C1(C(=O)O)CCN(C(=O)C2CC(c3ccccc3Cl)NN2)C1. The van der Waals surface area contributed by atoms with Gasteiger partial charge in [0.15, 0.2) is 0 Å². The molecule has 6 nitrogen and oxygen atoms in total. The first-order valence-electron chi connectivity index (χ1n) is 8.63. The number of benzene rings is 1. The second-order valence-corrected chi connectivity index (χ2v) is 7.68. The van der Waals surface area contributed by atoms with E-state index in [1.807, 2.05) is 38.1 Å². The molecule has 2 aliphatic heterocycles. The first-order valence-corrected chi connectivity index (χ1v) is 9.00. The molecular formula is C18H24ClN3O3. The second-order valence-electron chi connectivity index (χ2n) is 7.28. The van der Waals surface area contributed by atoms with E-state index in [2.05, 4.69) is 10.9 Å². The maximum Gasteiger partial charge on any atom is 0.311 e. The molecule has 1 aromatic rings. The van der Waals surface area contributed by atoms with E-state index in [4.69, 9.17) is 11.6 Å². The van der Waals surface area contributed by atoms with Crippen molar-refractivity contribution >= 4 is 23.5 Å². The molecule has 136 valence electrons. The van der Waals surface area contributed by atoms with Gasteiger partial charge in [0.05, 0.1) is 5.41 Å². The Labute approximate surface area is 152 Å². The zero-order valence-corrected chi connectivity index (χ0v) is 15.2. The highest BCUT2D eigenvalue weighted by Gasteiger charge is 2.49. The van der Waals surface area contributed by atoms with Gasteiger partial charge in [-0.15, -0.1) is 0 Å². The third-order valence-electron chi connectivity index (χ3n) is 5.63. The van der Waals surface area contributed by atoms with Crippen molar-refractivity contribution in [3.05, 3.63) is 34.9 Å². The monoisotopic (exact) mass is 365 g/mol. The van der Waals surface area contributed by atoms with Crippen LogP contribution in [0.2, 0.25) is 5.02 Å². The Balaban J connectivity index is 1.67. The topological polar surface area (TPSA) is 81.7 Å². The van der Waals surface area contributed by atoms with E-state index in [-0.39, 0.29) is 30.5 Å². The third kappa shape index (κ3) is 3.26. The molecule has 25 heavy (non-hydrogen) atoms. The van der Waals surface area contributed by atoms with Gasteiger partial charge in [0, 0.05) is 24.2 Å². The number of hydrogen-bond donors (Lipinski definition) is 3. The molecule has 1 aromatic carbocycles. The molecule has 2 aliphatic rings. The highest BCUT2D eigenvalue weighted by atomic mass is 35.5. The molecule has 0 aromatic heterocycles. The molecule has 0 spiro atoms. The molecule has 2 fully saturated rings. The second kappa shape index (κ2) is 6.94. The molecule has 0 bridgehead atoms. The van der Waals surface area contributed by atoms with Crippen LogP contribution in [-0.4, -0.2) is 41.0 Å². The number of nitrogens with zero attached hydrogens (tertiary/aromatic N) is 1. The minimum Gasteiger partial charge on any atom is -0.481 e. The van der Waals surface area contributed by atoms with Gasteiger partial charge in [0.1, 0.15) is 6.04 Å². The van der Waals surface area contributed by atoms with E-state index in [1.165, 1.54) is 0 Å². The molecule has 0 radical (unpaired) electrons. The lowest BCUT2D eigenvalue weighted by Crippen LogP contribution is -2.47. The summed E-state index contributed by atoms with van der Waals surface area (Å²) >= 11 is 6.24. The van der Waals surface area contributed by atoms with Crippen LogP contribution in [-0.2, 0) is 9.59 Å². The molecule has 2 saturated heterocycles. The van der Waals surface area contributed by atoms with Crippen molar-refractivity contribution in [3.63, 3.8) is 0 Å². The van der Waals surface area contributed by atoms with Gasteiger partial charge in [0.2, 0.25) is 5.91 Å². The largest absolute Gasteiger partial charge is 0.481 e. The summed E-state index contributed by atoms with van der Waals surface area (Å²) in [4.78, 5) is 26.3. The van der Waals surface area contributed by atoms with Gasteiger partial charge in [0.25, 0.3) is 0 Å². The molecule has 3 rings (SSSR count). The third-order valence-corrected chi connectivity index (χ3v) is 5.97. The highest BCUT2D eigenvalue weighted by Crippen LogP contribution is 2.39. The van der Waals surface area contributed by atoms with E-state index in [0.717, 1.165) is 5.56 Å². The smallest absolute Gasteiger partial charge is 0.311 e. The van der Waals surface area contributed by atoms with Gasteiger partial charge in [-0.05, 0) is 30.4 Å². The maximum atomic E-state index is 12.8. The fourth-order valence-corrected chi connectivity index (χ4v) is 4.08. The van der Waals surface area contributed by atoms with Crippen molar-refractivity contribution in [2.75, 3.05) is 13.1 Å². The van der Waals surface area contributed by atoms with Gasteiger partial charge in [-0.25, -0.2) is 10.9 Å². The molecule has 0 aliphatic carbocycles. The first-order chi connectivity index (χ1) is 11.8. The van der Waals surface area contributed by atoms with E-state index >= 15 is 0 Å². The average Bonchev–Trinajstić information content (AvgIpc) is 3.23. The standard InChI is InChI=1S/C18H24ClN3O3/c1-11(2)18(17(24)25)7-8-22(10-18)16(23)15-9-14(20-21-15)12-5-3-4-6-13(12)19/h3-6,11,14-15,20-21H,7-10H2,1-2H3,(H,24,25). The number of halogens is 1. The van der Waals surface area contributed by atoms with E-state index in [1.54, 1.807) is 4.90 Å². The van der Waals surface area contributed by atoms with Gasteiger partial charge in [-0.3, -0.25) is 9.59 Å². The van der Waals surface area contributed by atoms with E-state index in [0.29, 0.717) is 24.4 Å². The Morgan fingerprint density at radius 1 is 1.32 bits per heavy atom. The summed E-state index contributed by atoms with van der Waals surface area (Å²) in [6, 6.07) is 7.15. The molecule has 3 N–H and O–H groups in total. The molecule has 3 atom stereocenters. The highest BCUT2D eigenvalue weighted by molar-refractivity contribution is 6.31. The van der Waals surface area contributed by atoms with Crippen molar-refractivity contribution in [2.45, 2.75) is 38.8 Å². The van der Waals surface area contributed by atoms with Crippen molar-refractivity contribution in [3.8, 4) is 0 Å². The zero-order chi connectivity index (χ0) is 18.2. The number of hydrogen-bond acceptors (Lipinski definition) is 4. The van der Waals surface area contributed by atoms with Crippen LogP contribution in [0.15, 0.2) is 24.3 Å². The first kappa shape index (κ1) is 18.2. The number of aliphatic carboxylic acids is 1. The number of nitrogens with one attached hydrogen (secondary N) is 2. The number of carboxylic acids is 1. The lowest BCUT2D eigenvalue weighted by molar-refractivity contribution is -0.151. The molecule has 0 saturated carbocycles. The average molecular weight is 366 g/mol. The van der Waals surface area contributed by atoms with Crippen LogP contribution in [0.25, 0.3) is 0 Å². The number of carbonyl (C=O) groups is 2. The minimum atomic E-state index is -0.843. The molecule has 2 heterocycles. The van der Waals surface area contributed by atoms with E-state index < -0.39 is 11.4 Å².